The number of piperidine rings is 1. The van der Waals surface area contributed by atoms with Crippen molar-refractivity contribution in [1.29, 1.82) is 0 Å². The van der Waals surface area contributed by atoms with Crippen molar-refractivity contribution in [1.82, 2.24) is 8.87 Å². The maximum atomic E-state index is 13.1. The van der Waals surface area contributed by atoms with Crippen LogP contribution in [-0.2, 0) is 16.6 Å². The van der Waals surface area contributed by atoms with E-state index in [9.17, 15) is 13.2 Å². The fourth-order valence-electron chi connectivity index (χ4n) is 3.40. The number of hydrogen-bond acceptors (Lipinski definition) is 5. The Labute approximate surface area is 141 Å². The molecule has 2 aromatic rings. The molecule has 8 heteroatoms. The fourth-order valence-corrected chi connectivity index (χ4v) is 5.19. The van der Waals surface area contributed by atoms with E-state index in [0.29, 0.717) is 18.6 Å². The summed E-state index contributed by atoms with van der Waals surface area (Å²) in [6, 6.07) is 4.16. The first-order valence-electron chi connectivity index (χ1n) is 8.27. The highest BCUT2D eigenvalue weighted by Gasteiger charge is 2.35. The van der Waals surface area contributed by atoms with Crippen LogP contribution in [0.15, 0.2) is 32.3 Å². The number of oxazole rings is 1. The molecule has 2 N–H and O–H groups in total. The summed E-state index contributed by atoms with van der Waals surface area (Å²) in [6.45, 7) is 4.60. The van der Waals surface area contributed by atoms with Crippen molar-refractivity contribution in [2.24, 2.45) is 5.73 Å². The molecule has 2 atom stereocenters. The van der Waals surface area contributed by atoms with Crippen LogP contribution in [0.5, 0.6) is 0 Å². The number of aromatic nitrogens is 1. The van der Waals surface area contributed by atoms with Crippen molar-refractivity contribution in [3.8, 4) is 0 Å². The molecule has 2 unspecified atom stereocenters. The molecule has 0 radical (unpaired) electrons. The van der Waals surface area contributed by atoms with Gasteiger partial charge in [-0.2, -0.15) is 4.31 Å². The maximum absolute atomic E-state index is 13.1. The molecule has 1 aromatic carbocycles. The summed E-state index contributed by atoms with van der Waals surface area (Å²) in [4.78, 5) is 11.9. The minimum Gasteiger partial charge on any atom is -0.408 e. The molecule has 0 bridgehead atoms. The predicted octanol–water partition coefficient (Wildman–Crippen LogP) is 1.50. The highest BCUT2D eigenvalue weighted by Crippen LogP contribution is 2.28. The monoisotopic (exact) mass is 353 g/mol. The summed E-state index contributed by atoms with van der Waals surface area (Å²) in [7, 11) is -3.68. The Hall–Kier alpha value is -1.64. The predicted molar refractivity (Wildman–Crippen MR) is 91.3 cm³/mol. The van der Waals surface area contributed by atoms with Crippen LogP contribution in [0.1, 0.15) is 33.1 Å². The molecule has 1 aromatic heterocycles. The van der Waals surface area contributed by atoms with Gasteiger partial charge in [0.2, 0.25) is 10.0 Å². The zero-order valence-electron chi connectivity index (χ0n) is 13.9. The lowest BCUT2D eigenvalue weighted by atomic mass is 10.00. The first kappa shape index (κ1) is 17.2. The summed E-state index contributed by atoms with van der Waals surface area (Å²) in [5, 5.41) is 0. The van der Waals surface area contributed by atoms with Gasteiger partial charge in [0.25, 0.3) is 0 Å². The smallest absolute Gasteiger partial charge is 0.408 e. The number of rotatable bonds is 4. The summed E-state index contributed by atoms with van der Waals surface area (Å²) in [5.41, 5.74) is 6.88. The van der Waals surface area contributed by atoms with Crippen LogP contribution in [-0.4, -0.2) is 35.9 Å². The van der Waals surface area contributed by atoms with Crippen LogP contribution in [0.3, 0.4) is 0 Å². The van der Waals surface area contributed by atoms with Gasteiger partial charge in [-0.3, -0.25) is 4.57 Å². The Morgan fingerprint density at radius 3 is 2.79 bits per heavy atom. The van der Waals surface area contributed by atoms with Crippen molar-refractivity contribution < 1.29 is 12.8 Å². The van der Waals surface area contributed by atoms with Gasteiger partial charge in [-0.1, -0.05) is 6.42 Å². The van der Waals surface area contributed by atoms with Crippen LogP contribution in [0.4, 0.5) is 0 Å². The zero-order valence-corrected chi connectivity index (χ0v) is 14.8. The lowest BCUT2D eigenvalue weighted by molar-refractivity contribution is 0.227. The summed E-state index contributed by atoms with van der Waals surface area (Å²) < 4.78 is 34.3. The Bertz CT molecular complexity index is 898. The minimum atomic E-state index is -3.68. The van der Waals surface area contributed by atoms with Gasteiger partial charge >= 0.3 is 5.76 Å². The number of sulfonamides is 1. The Balaban J connectivity index is 2.06. The minimum absolute atomic E-state index is 0.138. The van der Waals surface area contributed by atoms with E-state index in [1.807, 2.05) is 13.8 Å². The van der Waals surface area contributed by atoms with E-state index < -0.39 is 15.8 Å². The lowest BCUT2D eigenvalue weighted by Crippen LogP contribution is -2.51. The second-order valence-electron chi connectivity index (χ2n) is 6.28. The Morgan fingerprint density at radius 1 is 1.38 bits per heavy atom. The molecule has 24 heavy (non-hydrogen) atoms. The molecule has 1 aliphatic rings. The number of nitrogens with zero attached hydrogens (tertiary/aromatic N) is 2. The average molecular weight is 353 g/mol. The fraction of sp³-hybridized carbons (Fsp3) is 0.562. The number of aryl methyl sites for hydroxylation is 1. The number of nitrogens with two attached hydrogens (primary N) is 1. The maximum Gasteiger partial charge on any atom is 0.419 e. The highest BCUT2D eigenvalue weighted by atomic mass is 32.2. The van der Waals surface area contributed by atoms with E-state index in [4.69, 9.17) is 10.2 Å². The van der Waals surface area contributed by atoms with E-state index in [1.165, 1.54) is 21.0 Å². The normalized spacial score (nSPS) is 21.2. The molecular formula is C16H23N3O4S. The van der Waals surface area contributed by atoms with Gasteiger partial charge in [0.05, 0.1) is 10.4 Å². The summed E-state index contributed by atoms with van der Waals surface area (Å²) in [6.07, 6.45) is 2.57. The molecule has 132 valence electrons. The SMILES string of the molecule is CCn1c(=O)oc2cc(S(=O)(=O)N3CCCCC3C(C)N)ccc21. The zero-order chi connectivity index (χ0) is 17.5. The lowest BCUT2D eigenvalue weighted by Gasteiger charge is -2.36. The van der Waals surface area contributed by atoms with Crippen LogP contribution < -0.4 is 11.5 Å². The van der Waals surface area contributed by atoms with Gasteiger partial charge in [-0.25, -0.2) is 13.2 Å². The van der Waals surface area contributed by atoms with Crippen molar-refractivity contribution in [2.45, 2.75) is 56.6 Å². The average Bonchev–Trinajstić information content (AvgIpc) is 2.88. The number of benzene rings is 1. The summed E-state index contributed by atoms with van der Waals surface area (Å²) in [5.74, 6) is -0.478. The largest absolute Gasteiger partial charge is 0.419 e. The van der Waals surface area contributed by atoms with Crippen LogP contribution in [0.2, 0.25) is 0 Å². The van der Waals surface area contributed by atoms with Crippen LogP contribution in [0, 0.1) is 0 Å². The van der Waals surface area contributed by atoms with Crippen molar-refractivity contribution in [2.75, 3.05) is 6.54 Å². The quantitative estimate of drug-likeness (QED) is 0.898. The molecule has 2 heterocycles. The third kappa shape index (κ3) is 2.78. The topological polar surface area (TPSA) is 98.5 Å². The van der Waals surface area contributed by atoms with Gasteiger partial charge < -0.3 is 10.2 Å². The van der Waals surface area contributed by atoms with Crippen LogP contribution in [0.25, 0.3) is 11.1 Å². The van der Waals surface area contributed by atoms with Gasteiger partial charge in [-0.05, 0) is 38.8 Å². The number of hydrogen-bond donors (Lipinski definition) is 1. The second-order valence-corrected chi connectivity index (χ2v) is 8.17. The molecule has 0 spiro atoms. The third-order valence-corrected chi connectivity index (χ3v) is 6.59. The molecule has 0 saturated carbocycles. The van der Waals surface area contributed by atoms with Crippen molar-refractivity contribution in [3.05, 3.63) is 28.7 Å². The first-order chi connectivity index (χ1) is 11.4. The van der Waals surface area contributed by atoms with E-state index in [1.54, 1.807) is 6.07 Å². The van der Waals surface area contributed by atoms with Crippen molar-refractivity contribution >= 4 is 21.1 Å². The molecule has 7 nitrogen and oxygen atoms in total. The third-order valence-electron chi connectivity index (χ3n) is 4.67. The van der Waals surface area contributed by atoms with E-state index >= 15 is 0 Å². The van der Waals surface area contributed by atoms with Crippen LogP contribution >= 0.6 is 0 Å². The molecule has 0 amide bonds. The highest BCUT2D eigenvalue weighted by molar-refractivity contribution is 7.89. The van der Waals surface area contributed by atoms with E-state index in [2.05, 4.69) is 0 Å². The van der Waals surface area contributed by atoms with E-state index in [0.717, 1.165) is 19.3 Å². The van der Waals surface area contributed by atoms with Gasteiger partial charge in [0.1, 0.15) is 0 Å². The molecule has 1 fully saturated rings. The molecule has 3 rings (SSSR count). The Morgan fingerprint density at radius 2 is 2.12 bits per heavy atom. The molecule has 1 saturated heterocycles. The van der Waals surface area contributed by atoms with Gasteiger partial charge in [0.15, 0.2) is 5.58 Å². The van der Waals surface area contributed by atoms with Gasteiger partial charge in [0, 0.05) is 31.2 Å². The molecule has 1 aliphatic heterocycles. The Kier molecular flexibility index (Phi) is 4.54. The van der Waals surface area contributed by atoms with Crippen molar-refractivity contribution in [3.63, 3.8) is 0 Å². The summed E-state index contributed by atoms with van der Waals surface area (Å²) >= 11 is 0. The molecule has 0 aliphatic carbocycles. The number of fused-ring (bicyclic) bond motifs is 1. The first-order valence-corrected chi connectivity index (χ1v) is 9.71. The van der Waals surface area contributed by atoms with Gasteiger partial charge in [-0.15, -0.1) is 0 Å². The molecular weight excluding hydrogens is 330 g/mol. The second kappa shape index (κ2) is 6.34. The standard InChI is InChI=1S/C16H23N3O4S/c1-3-18-14-8-7-12(10-15(14)23-16(18)20)24(21,22)19-9-5-4-6-13(19)11(2)17/h7-8,10-11,13H,3-6,9,17H2,1-2H3. The van der Waals surface area contributed by atoms with E-state index in [-0.39, 0.29) is 22.6 Å².